The fraction of sp³-hybridized carbons (Fsp3) is 0.857. The Labute approximate surface area is 257 Å². The van der Waals surface area contributed by atoms with Gasteiger partial charge in [0, 0.05) is 0 Å². The van der Waals surface area contributed by atoms with Gasteiger partial charge in [-0.3, -0.25) is 14.2 Å². The summed E-state index contributed by atoms with van der Waals surface area (Å²) >= 11 is 0. The monoisotopic (exact) mass is 782 g/mol. The van der Waals surface area contributed by atoms with Crippen molar-refractivity contribution in [2.24, 2.45) is 0 Å². The molecule has 0 saturated carbocycles. The third-order valence-corrected chi connectivity index (χ3v) is 4.04. The zero-order valence-electron chi connectivity index (χ0n) is 19.3. The first-order valence-corrected chi connectivity index (χ1v) is 9.20. The molecule has 0 heterocycles. The second kappa shape index (κ2) is 12.8. The number of ether oxygens (including phenoxy) is 4. The van der Waals surface area contributed by atoms with Crippen LogP contribution in [-0.4, -0.2) is 114 Å². The van der Waals surface area contributed by atoms with E-state index >= 15 is 0 Å². The van der Waals surface area contributed by atoms with Gasteiger partial charge in [-0.05, 0) is 0 Å². The zero-order valence-corrected chi connectivity index (χ0v) is 19.3. The Bertz CT molecular complexity index is 1140. The Morgan fingerprint density at radius 2 is 0.638 bits per heavy atom. The summed E-state index contributed by atoms with van der Waals surface area (Å²) in [5.74, 6) is -43.1. The van der Waals surface area contributed by atoms with Crippen molar-refractivity contribution >= 4 is 41.5 Å². The van der Waals surface area contributed by atoms with Crippen molar-refractivity contribution in [2.75, 3.05) is 0 Å². The van der Waals surface area contributed by atoms with Gasteiger partial charge in [0.05, 0.1) is 0 Å². The molecule has 0 bridgehead atoms. The molecule has 0 fully saturated rings. The summed E-state index contributed by atoms with van der Waals surface area (Å²) in [6.45, 7) is 0. The molecule has 0 N–H and O–H groups in total. The average Bonchev–Trinajstić information content (AvgIpc) is 2.73. The van der Waals surface area contributed by atoms with Crippen molar-refractivity contribution < 1.29 is 143 Å². The molecule has 0 spiro atoms. The Hall–Kier alpha value is -1.80. The van der Waals surface area contributed by atoms with Crippen molar-refractivity contribution in [3.05, 3.63) is 0 Å². The first-order valence-electron chi connectivity index (χ1n) is 9.20. The van der Waals surface area contributed by atoms with Crippen molar-refractivity contribution in [2.45, 2.75) is 72.7 Å². The summed E-state index contributed by atoms with van der Waals surface area (Å²) in [7, 11) is 0. The standard InChI is InChI=1S/C14F26O6.Na.H/c15-3(7(20,21)22,44-12(35,36)5(17,18)9(26,27)28)1(41)43-2(42)4(16,8(23,24)25)45-13(37,38)6(19,10(29,30)31)46-14(39,40)11(32,33)34;;. The topological polar surface area (TPSA) is 71.1 Å². The van der Waals surface area contributed by atoms with Crippen LogP contribution in [0, 0.1) is 0 Å². The predicted molar refractivity (Wildman–Crippen MR) is 83.1 cm³/mol. The number of hydrogen-bond acceptors (Lipinski definition) is 6. The molecule has 0 aliphatic heterocycles. The van der Waals surface area contributed by atoms with E-state index in [0.29, 0.717) is 0 Å². The van der Waals surface area contributed by atoms with Crippen LogP contribution in [0.3, 0.4) is 0 Å². The molecule has 0 rings (SSSR count). The molecule has 33 heteroatoms. The van der Waals surface area contributed by atoms with E-state index in [1.165, 1.54) is 9.47 Å². The van der Waals surface area contributed by atoms with Gasteiger partial charge < -0.3 is 4.74 Å². The SMILES string of the molecule is O=C(OC(=O)C(F)(OC(F)(F)C(F)(OC(F)(F)C(F)(F)F)C(F)(F)F)C(F)(F)F)C(F)(OC(F)(F)C(F)(F)C(F)(F)F)C(F)(F)F.[NaH]. The van der Waals surface area contributed by atoms with Gasteiger partial charge in [0.2, 0.25) is 0 Å². The van der Waals surface area contributed by atoms with Crippen molar-refractivity contribution in [3.8, 4) is 0 Å². The van der Waals surface area contributed by atoms with Crippen LogP contribution < -0.4 is 0 Å². The molecule has 0 aromatic rings. The molecule has 3 atom stereocenters. The van der Waals surface area contributed by atoms with Crippen molar-refractivity contribution in [1.29, 1.82) is 0 Å². The average molecular weight is 782 g/mol. The molecule has 0 radical (unpaired) electrons. The Morgan fingerprint density at radius 1 is 0.340 bits per heavy atom. The quantitative estimate of drug-likeness (QED) is 0.107. The van der Waals surface area contributed by atoms with E-state index < -0.39 is 84.6 Å². The Kier molecular flexibility index (Phi) is 12.9. The minimum absolute atomic E-state index is 0. The fourth-order valence-electron chi connectivity index (χ4n) is 1.81. The summed E-state index contributed by atoms with van der Waals surface area (Å²) in [5.41, 5.74) is 0. The van der Waals surface area contributed by atoms with Gasteiger partial charge in [0.25, 0.3) is 0 Å². The molecular formula is C14HF26NaO6. The van der Waals surface area contributed by atoms with E-state index in [1.807, 2.05) is 0 Å². The van der Waals surface area contributed by atoms with Gasteiger partial charge in [0.1, 0.15) is 0 Å². The van der Waals surface area contributed by atoms with Crippen LogP contribution in [0.15, 0.2) is 0 Å². The second-order valence-electron chi connectivity index (χ2n) is 7.38. The maximum atomic E-state index is 14.2. The van der Waals surface area contributed by atoms with E-state index in [1.54, 1.807) is 4.74 Å². The fourth-order valence-corrected chi connectivity index (χ4v) is 1.81. The molecule has 0 aromatic heterocycles. The zero-order chi connectivity index (χ0) is 38.0. The van der Waals surface area contributed by atoms with Crippen LogP contribution in [0.5, 0.6) is 0 Å². The number of esters is 2. The first kappa shape index (κ1) is 47.3. The van der Waals surface area contributed by atoms with Crippen LogP contribution in [0.2, 0.25) is 0 Å². The summed E-state index contributed by atoms with van der Waals surface area (Å²) in [5, 5.41) is 0. The molecule has 0 saturated heterocycles. The third-order valence-electron chi connectivity index (χ3n) is 4.04. The van der Waals surface area contributed by atoms with Crippen LogP contribution >= 0.6 is 0 Å². The van der Waals surface area contributed by atoms with Gasteiger partial charge in [-0.15, -0.1) is 0 Å². The number of carbonyl (C=O) groups excluding carboxylic acids is 2. The van der Waals surface area contributed by atoms with E-state index in [2.05, 4.69) is 0 Å². The van der Waals surface area contributed by atoms with Crippen molar-refractivity contribution in [1.82, 2.24) is 0 Å². The Balaban J connectivity index is 0. The summed E-state index contributed by atoms with van der Waals surface area (Å²) < 4.78 is 340. The minimum atomic E-state index is -8.54. The number of alkyl halides is 26. The summed E-state index contributed by atoms with van der Waals surface area (Å²) in [6, 6.07) is 0. The third kappa shape index (κ3) is 8.69. The van der Waals surface area contributed by atoms with Crippen LogP contribution in [0.25, 0.3) is 0 Å². The first-order chi connectivity index (χ1) is 19.4. The van der Waals surface area contributed by atoms with Crippen LogP contribution in [-0.2, 0) is 28.5 Å². The second-order valence-corrected chi connectivity index (χ2v) is 7.38. The molecule has 0 aromatic carbocycles. The molecule has 0 amide bonds. The summed E-state index contributed by atoms with van der Waals surface area (Å²) in [4.78, 5) is 22.4. The van der Waals surface area contributed by atoms with E-state index in [-0.39, 0.29) is 29.6 Å². The van der Waals surface area contributed by atoms with E-state index in [9.17, 15) is 124 Å². The number of hydrogen-bond donors (Lipinski definition) is 0. The number of carbonyl (C=O) groups is 2. The van der Waals surface area contributed by atoms with E-state index in [4.69, 9.17) is 0 Å². The molecule has 0 aliphatic rings. The molecule has 276 valence electrons. The van der Waals surface area contributed by atoms with Crippen molar-refractivity contribution in [3.63, 3.8) is 0 Å². The molecular weight excluding hydrogens is 781 g/mol. The number of halogens is 26. The Morgan fingerprint density at radius 3 is 0.872 bits per heavy atom. The van der Waals surface area contributed by atoms with E-state index in [0.717, 1.165) is 4.74 Å². The maximum absolute atomic E-state index is 14.2. The predicted octanol–water partition coefficient (Wildman–Crippen LogP) is 6.68. The molecule has 6 nitrogen and oxygen atoms in total. The van der Waals surface area contributed by atoms with Crippen LogP contribution in [0.4, 0.5) is 114 Å². The molecule has 0 aliphatic carbocycles. The van der Waals surface area contributed by atoms with Gasteiger partial charge in [0.15, 0.2) is 0 Å². The van der Waals surface area contributed by atoms with Gasteiger partial charge in [-0.1, -0.05) is 0 Å². The number of rotatable bonds is 10. The molecule has 3 unspecified atom stereocenters. The molecule has 47 heavy (non-hydrogen) atoms. The van der Waals surface area contributed by atoms with Crippen LogP contribution in [0.1, 0.15) is 0 Å². The normalized spacial score (nSPS) is 18.8. The summed E-state index contributed by atoms with van der Waals surface area (Å²) in [6.07, 6.45) is -64.5. The van der Waals surface area contributed by atoms with Gasteiger partial charge in [-0.2, -0.15) is 114 Å². The van der Waals surface area contributed by atoms with Gasteiger partial charge in [-0.25, -0.2) is 9.59 Å². The van der Waals surface area contributed by atoms with Gasteiger partial charge >= 0.3 is 114 Å².